The lowest BCUT2D eigenvalue weighted by Crippen LogP contribution is -2.42. The van der Waals surface area contributed by atoms with Crippen molar-refractivity contribution in [2.45, 2.75) is 12.5 Å². The second-order valence-electron chi connectivity index (χ2n) is 7.66. The van der Waals surface area contributed by atoms with E-state index >= 15 is 0 Å². The van der Waals surface area contributed by atoms with Crippen LogP contribution < -0.4 is 18.9 Å². The average molecular weight is 451 g/mol. The molecule has 0 saturated carbocycles. The molecule has 0 unspecified atom stereocenters. The predicted molar refractivity (Wildman–Crippen MR) is 122 cm³/mol. The molecule has 1 heterocycles. The van der Waals surface area contributed by atoms with E-state index in [1.807, 2.05) is 12.1 Å². The molecule has 0 fully saturated rings. The predicted octanol–water partition coefficient (Wildman–Crippen LogP) is 4.67. The molecule has 0 radical (unpaired) electrons. The Labute approximate surface area is 192 Å². The SMILES string of the molecule is COc1ccc(C(=O)N2CCc3cc(OC)c(OC)cc3[C@H]2COc2ccc(F)cc2)cc1. The maximum atomic E-state index is 13.5. The van der Waals surface area contributed by atoms with Crippen LogP contribution >= 0.6 is 0 Å². The van der Waals surface area contributed by atoms with Crippen LogP contribution in [-0.4, -0.2) is 45.3 Å². The van der Waals surface area contributed by atoms with Crippen molar-refractivity contribution >= 4 is 5.91 Å². The molecule has 172 valence electrons. The van der Waals surface area contributed by atoms with Gasteiger partial charge in [0.15, 0.2) is 11.5 Å². The first kappa shape index (κ1) is 22.5. The van der Waals surface area contributed by atoms with E-state index in [2.05, 4.69) is 0 Å². The van der Waals surface area contributed by atoms with Crippen LogP contribution in [-0.2, 0) is 6.42 Å². The van der Waals surface area contributed by atoms with Crippen molar-refractivity contribution < 1.29 is 28.1 Å². The van der Waals surface area contributed by atoms with Gasteiger partial charge in [0.1, 0.15) is 23.9 Å². The fourth-order valence-electron chi connectivity index (χ4n) is 4.06. The van der Waals surface area contributed by atoms with Gasteiger partial charge in [-0.3, -0.25) is 4.79 Å². The van der Waals surface area contributed by atoms with Gasteiger partial charge in [0.25, 0.3) is 5.91 Å². The van der Waals surface area contributed by atoms with Crippen molar-refractivity contribution in [2.24, 2.45) is 0 Å². The van der Waals surface area contributed by atoms with Gasteiger partial charge >= 0.3 is 0 Å². The van der Waals surface area contributed by atoms with Gasteiger partial charge in [-0.05, 0) is 78.2 Å². The Kier molecular flexibility index (Phi) is 6.68. The van der Waals surface area contributed by atoms with Crippen LogP contribution in [0.4, 0.5) is 4.39 Å². The molecule has 0 aliphatic carbocycles. The van der Waals surface area contributed by atoms with Crippen molar-refractivity contribution in [1.29, 1.82) is 0 Å². The number of hydrogen-bond donors (Lipinski definition) is 0. The summed E-state index contributed by atoms with van der Waals surface area (Å²) < 4.78 is 35.5. The lowest BCUT2D eigenvalue weighted by atomic mass is 9.91. The molecule has 0 saturated heterocycles. The summed E-state index contributed by atoms with van der Waals surface area (Å²) in [5.74, 6) is 2.00. The van der Waals surface area contributed by atoms with Crippen molar-refractivity contribution in [3.05, 3.63) is 83.2 Å². The van der Waals surface area contributed by atoms with Crippen LogP contribution in [0.5, 0.6) is 23.0 Å². The smallest absolute Gasteiger partial charge is 0.254 e. The van der Waals surface area contributed by atoms with E-state index in [0.717, 1.165) is 11.1 Å². The molecule has 0 aromatic heterocycles. The van der Waals surface area contributed by atoms with Crippen molar-refractivity contribution in [2.75, 3.05) is 34.5 Å². The second-order valence-corrected chi connectivity index (χ2v) is 7.66. The molecule has 1 aliphatic rings. The van der Waals surface area contributed by atoms with Gasteiger partial charge in [0.05, 0.1) is 27.4 Å². The fraction of sp³-hybridized carbons (Fsp3) is 0.269. The Balaban J connectivity index is 1.68. The topological polar surface area (TPSA) is 57.2 Å². The number of methoxy groups -OCH3 is 3. The monoisotopic (exact) mass is 451 g/mol. The van der Waals surface area contributed by atoms with Gasteiger partial charge in [-0.2, -0.15) is 0 Å². The Morgan fingerprint density at radius 1 is 0.909 bits per heavy atom. The highest BCUT2D eigenvalue weighted by Crippen LogP contribution is 2.39. The van der Waals surface area contributed by atoms with E-state index in [0.29, 0.717) is 41.5 Å². The van der Waals surface area contributed by atoms with Crippen LogP contribution in [0.15, 0.2) is 60.7 Å². The van der Waals surface area contributed by atoms with Crippen molar-refractivity contribution in [1.82, 2.24) is 4.90 Å². The Hall–Kier alpha value is -3.74. The molecular formula is C26H26FNO5. The third kappa shape index (κ3) is 4.72. The van der Waals surface area contributed by atoms with Crippen LogP contribution in [0.3, 0.4) is 0 Å². The molecule has 6 nitrogen and oxygen atoms in total. The van der Waals surface area contributed by atoms with Gasteiger partial charge in [0, 0.05) is 12.1 Å². The van der Waals surface area contributed by atoms with Gasteiger partial charge in [-0.15, -0.1) is 0 Å². The minimum absolute atomic E-state index is 0.106. The summed E-state index contributed by atoms with van der Waals surface area (Å²) in [5.41, 5.74) is 2.56. The first-order valence-corrected chi connectivity index (χ1v) is 10.6. The fourth-order valence-corrected chi connectivity index (χ4v) is 4.06. The Morgan fingerprint density at radius 2 is 1.55 bits per heavy atom. The largest absolute Gasteiger partial charge is 0.497 e. The minimum atomic E-state index is -0.367. The van der Waals surface area contributed by atoms with Gasteiger partial charge in [-0.25, -0.2) is 4.39 Å². The average Bonchev–Trinajstić information content (AvgIpc) is 2.86. The zero-order valence-corrected chi connectivity index (χ0v) is 18.8. The number of benzene rings is 3. The molecule has 0 spiro atoms. The molecule has 4 rings (SSSR count). The number of nitrogens with zero attached hydrogens (tertiary/aromatic N) is 1. The summed E-state index contributed by atoms with van der Waals surface area (Å²) in [6.45, 7) is 0.723. The summed E-state index contributed by atoms with van der Waals surface area (Å²) in [7, 11) is 4.77. The molecule has 0 N–H and O–H groups in total. The number of hydrogen-bond acceptors (Lipinski definition) is 5. The molecule has 1 aliphatic heterocycles. The minimum Gasteiger partial charge on any atom is -0.497 e. The highest BCUT2D eigenvalue weighted by atomic mass is 19.1. The number of amides is 1. The summed E-state index contributed by atoms with van der Waals surface area (Å²) in [6.07, 6.45) is 0.671. The molecule has 3 aromatic rings. The zero-order valence-electron chi connectivity index (χ0n) is 18.8. The van der Waals surface area contributed by atoms with E-state index in [4.69, 9.17) is 18.9 Å². The number of carbonyl (C=O) groups excluding carboxylic acids is 1. The quantitative estimate of drug-likeness (QED) is 0.523. The van der Waals surface area contributed by atoms with Crippen LogP contribution in [0.25, 0.3) is 0 Å². The van der Waals surface area contributed by atoms with E-state index in [1.165, 1.54) is 12.1 Å². The zero-order chi connectivity index (χ0) is 23.4. The summed E-state index contributed by atoms with van der Waals surface area (Å²) in [6, 6.07) is 16.4. The molecule has 0 bridgehead atoms. The molecule has 7 heteroatoms. The second kappa shape index (κ2) is 9.81. The van der Waals surface area contributed by atoms with Gasteiger partial charge in [-0.1, -0.05) is 0 Å². The lowest BCUT2D eigenvalue weighted by Gasteiger charge is -2.37. The lowest BCUT2D eigenvalue weighted by molar-refractivity contribution is 0.0589. The number of rotatable bonds is 7. The molecular weight excluding hydrogens is 425 g/mol. The van der Waals surface area contributed by atoms with Gasteiger partial charge in [0.2, 0.25) is 0 Å². The van der Waals surface area contributed by atoms with E-state index in [1.54, 1.807) is 62.6 Å². The maximum Gasteiger partial charge on any atom is 0.254 e. The van der Waals surface area contributed by atoms with Crippen LogP contribution in [0.1, 0.15) is 27.5 Å². The third-order valence-electron chi connectivity index (χ3n) is 5.82. The van der Waals surface area contributed by atoms with E-state index in [-0.39, 0.29) is 24.4 Å². The maximum absolute atomic E-state index is 13.5. The Bertz CT molecular complexity index is 1110. The number of halogens is 1. The summed E-state index contributed by atoms with van der Waals surface area (Å²) >= 11 is 0. The standard InChI is InChI=1S/C26H26FNO5/c1-30-20-8-4-17(5-9-20)26(29)28-13-12-18-14-24(31-2)25(32-3)15-22(18)23(28)16-33-21-10-6-19(27)7-11-21/h4-11,14-15,23H,12-13,16H2,1-3H3/t23-/m1/s1. The molecule has 3 aromatic carbocycles. The summed E-state index contributed by atoms with van der Waals surface area (Å²) in [4.78, 5) is 15.3. The first-order chi connectivity index (χ1) is 16.0. The number of ether oxygens (including phenoxy) is 4. The van der Waals surface area contributed by atoms with Crippen LogP contribution in [0, 0.1) is 5.82 Å². The first-order valence-electron chi connectivity index (χ1n) is 10.6. The molecule has 1 atom stereocenters. The highest BCUT2D eigenvalue weighted by molar-refractivity contribution is 5.95. The highest BCUT2D eigenvalue weighted by Gasteiger charge is 2.33. The van der Waals surface area contributed by atoms with Gasteiger partial charge < -0.3 is 23.8 Å². The van der Waals surface area contributed by atoms with Crippen molar-refractivity contribution in [3.63, 3.8) is 0 Å². The molecule has 1 amide bonds. The normalized spacial score (nSPS) is 14.9. The number of carbonyl (C=O) groups is 1. The number of fused-ring (bicyclic) bond motifs is 1. The Morgan fingerprint density at radius 3 is 2.18 bits per heavy atom. The van der Waals surface area contributed by atoms with E-state index < -0.39 is 0 Å². The van der Waals surface area contributed by atoms with Crippen molar-refractivity contribution in [3.8, 4) is 23.0 Å². The summed E-state index contributed by atoms with van der Waals surface area (Å²) in [5, 5.41) is 0. The third-order valence-corrected chi connectivity index (χ3v) is 5.82. The molecule has 33 heavy (non-hydrogen) atoms. The van der Waals surface area contributed by atoms with Crippen LogP contribution in [0.2, 0.25) is 0 Å². The van der Waals surface area contributed by atoms with E-state index in [9.17, 15) is 9.18 Å².